The second kappa shape index (κ2) is 11.9. The van der Waals surface area contributed by atoms with Crippen LogP contribution in [0.3, 0.4) is 0 Å². The van der Waals surface area contributed by atoms with Gasteiger partial charge < -0.3 is 9.47 Å². The predicted molar refractivity (Wildman–Crippen MR) is 139 cm³/mol. The molecule has 0 fully saturated rings. The largest absolute Gasteiger partial charge is 0.497 e. The van der Waals surface area contributed by atoms with E-state index in [-0.39, 0.29) is 16.5 Å². The summed E-state index contributed by atoms with van der Waals surface area (Å²) in [6.07, 6.45) is 1.29. The van der Waals surface area contributed by atoms with E-state index in [1.165, 1.54) is 56.8 Å². The zero-order chi connectivity index (χ0) is 27.2. The Morgan fingerprint density at radius 1 is 1.08 bits per heavy atom. The summed E-state index contributed by atoms with van der Waals surface area (Å²) in [6.45, 7) is -0.782. The Bertz CT molecular complexity index is 1470. The first-order chi connectivity index (χ1) is 17.6. The fraction of sp³-hybridized carbons (Fsp3) is 0.130. The number of anilines is 1. The number of carbonyl (C=O) groups excluding carboxylic acids is 1. The Balaban J connectivity index is 2.00. The molecule has 0 atom stereocenters. The van der Waals surface area contributed by atoms with Crippen LogP contribution in [0.1, 0.15) is 5.56 Å². The first-order valence-electron chi connectivity index (χ1n) is 10.3. The number of sulfonamides is 1. The van der Waals surface area contributed by atoms with Gasteiger partial charge in [-0.15, -0.1) is 0 Å². The number of nitrogens with one attached hydrogen (secondary N) is 1. The van der Waals surface area contributed by atoms with E-state index in [2.05, 4.69) is 10.5 Å². The molecule has 3 aromatic rings. The van der Waals surface area contributed by atoms with Crippen LogP contribution in [0.4, 0.5) is 11.4 Å². The van der Waals surface area contributed by atoms with Crippen molar-refractivity contribution in [3.63, 3.8) is 0 Å². The van der Waals surface area contributed by atoms with Gasteiger partial charge in [0, 0.05) is 12.1 Å². The molecule has 0 unspecified atom stereocenters. The zero-order valence-corrected chi connectivity index (χ0v) is 21.7. The molecule has 37 heavy (non-hydrogen) atoms. The number of hydrogen-bond donors (Lipinski definition) is 1. The molecule has 11 nitrogen and oxygen atoms in total. The number of para-hydroxylation sites is 1. The van der Waals surface area contributed by atoms with Gasteiger partial charge in [-0.2, -0.15) is 5.10 Å². The monoisotopic (exact) mass is 566 g/mol. The average molecular weight is 567 g/mol. The van der Waals surface area contributed by atoms with Gasteiger partial charge in [-0.05, 0) is 35.9 Å². The highest BCUT2D eigenvalue weighted by Gasteiger charge is 2.34. The fourth-order valence-corrected chi connectivity index (χ4v) is 5.07. The SMILES string of the molecule is COc1ccc(N(CC(=O)N/N=C\c2ccc(Cl)c(Cl)c2)S(=O)(=O)c2ccccc2[N+](=O)[O-])c(OC)c1. The second-order valence-electron chi connectivity index (χ2n) is 7.24. The Kier molecular flexibility index (Phi) is 8.92. The maximum atomic E-state index is 13.7. The molecule has 1 N–H and O–H groups in total. The van der Waals surface area contributed by atoms with Gasteiger partial charge in [0.25, 0.3) is 21.6 Å². The van der Waals surface area contributed by atoms with Gasteiger partial charge in [0.05, 0.1) is 41.1 Å². The molecule has 3 rings (SSSR count). The average Bonchev–Trinajstić information content (AvgIpc) is 2.88. The molecule has 0 saturated carbocycles. The van der Waals surface area contributed by atoms with E-state index in [4.69, 9.17) is 32.7 Å². The van der Waals surface area contributed by atoms with E-state index < -0.39 is 38.0 Å². The summed E-state index contributed by atoms with van der Waals surface area (Å²) in [6, 6.07) is 13.7. The minimum Gasteiger partial charge on any atom is -0.497 e. The Morgan fingerprint density at radius 2 is 1.81 bits per heavy atom. The number of nitro groups is 1. The van der Waals surface area contributed by atoms with Gasteiger partial charge >= 0.3 is 0 Å². The number of halogens is 2. The van der Waals surface area contributed by atoms with Crippen LogP contribution >= 0.6 is 23.2 Å². The van der Waals surface area contributed by atoms with Gasteiger partial charge in [-0.1, -0.05) is 41.4 Å². The minimum atomic E-state index is -4.64. The molecule has 0 aromatic heterocycles. The smallest absolute Gasteiger partial charge is 0.289 e. The lowest BCUT2D eigenvalue weighted by atomic mass is 10.2. The van der Waals surface area contributed by atoms with Gasteiger partial charge in [-0.3, -0.25) is 19.2 Å². The van der Waals surface area contributed by atoms with Crippen LogP contribution in [0, 0.1) is 10.1 Å². The third-order valence-corrected chi connectivity index (χ3v) is 7.47. The summed E-state index contributed by atoms with van der Waals surface area (Å²) in [5.74, 6) is -0.427. The van der Waals surface area contributed by atoms with Crippen molar-refractivity contribution in [1.29, 1.82) is 0 Å². The van der Waals surface area contributed by atoms with Crippen molar-refractivity contribution in [3.8, 4) is 11.5 Å². The van der Waals surface area contributed by atoms with Crippen molar-refractivity contribution in [2.45, 2.75) is 4.90 Å². The quantitative estimate of drug-likeness (QED) is 0.219. The molecule has 0 heterocycles. The molecule has 0 radical (unpaired) electrons. The van der Waals surface area contributed by atoms with E-state index >= 15 is 0 Å². The van der Waals surface area contributed by atoms with Crippen molar-refractivity contribution in [2.24, 2.45) is 5.10 Å². The normalized spacial score (nSPS) is 11.2. The van der Waals surface area contributed by atoms with E-state index in [9.17, 15) is 23.3 Å². The van der Waals surface area contributed by atoms with Crippen molar-refractivity contribution in [2.75, 3.05) is 25.1 Å². The Labute approximate surface area is 222 Å². The van der Waals surface area contributed by atoms with Gasteiger partial charge in [0.2, 0.25) is 0 Å². The van der Waals surface area contributed by atoms with Crippen molar-refractivity contribution >= 4 is 56.7 Å². The van der Waals surface area contributed by atoms with Crippen LogP contribution in [0.15, 0.2) is 70.7 Å². The van der Waals surface area contributed by atoms with Crippen LogP contribution in [-0.4, -0.2) is 46.2 Å². The van der Waals surface area contributed by atoms with E-state index in [0.29, 0.717) is 20.6 Å². The molecular weight excluding hydrogens is 547 g/mol. The van der Waals surface area contributed by atoms with Gasteiger partial charge in [-0.25, -0.2) is 13.8 Å². The number of carbonyl (C=O) groups is 1. The first kappa shape index (κ1) is 27.7. The molecule has 0 aliphatic rings. The molecule has 3 aromatic carbocycles. The number of rotatable bonds is 10. The lowest BCUT2D eigenvalue weighted by Gasteiger charge is -2.25. The lowest BCUT2D eigenvalue weighted by molar-refractivity contribution is -0.387. The number of hydrogen-bond acceptors (Lipinski definition) is 8. The number of benzene rings is 3. The van der Waals surface area contributed by atoms with Crippen molar-refractivity contribution in [1.82, 2.24) is 5.43 Å². The van der Waals surface area contributed by atoms with Gasteiger partial charge in [0.1, 0.15) is 18.0 Å². The Morgan fingerprint density at radius 3 is 2.46 bits per heavy atom. The van der Waals surface area contributed by atoms with Crippen LogP contribution in [0.5, 0.6) is 11.5 Å². The highest BCUT2D eigenvalue weighted by Crippen LogP contribution is 2.37. The number of methoxy groups -OCH3 is 2. The van der Waals surface area contributed by atoms with E-state index in [1.807, 2.05) is 0 Å². The third kappa shape index (κ3) is 6.47. The van der Waals surface area contributed by atoms with Crippen LogP contribution in [0.25, 0.3) is 0 Å². The molecule has 14 heteroatoms. The Hall–Kier alpha value is -3.87. The number of nitrogens with zero attached hydrogens (tertiary/aromatic N) is 3. The highest BCUT2D eigenvalue weighted by atomic mass is 35.5. The molecule has 194 valence electrons. The van der Waals surface area contributed by atoms with Crippen LogP contribution in [0.2, 0.25) is 10.0 Å². The van der Waals surface area contributed by atoms with E-state index in [0.717, 1.165) is 12.1 Å². The maximum Gasteiger partial charge on any atom is 0.289 e. The summed E-state index contributed by atoms with van der Waals surface area (Å²) >= 11 is 11.8. The number of hydrazone groups is 1. The second-order valence-corrected chi connectivity index (χ2v) is 9.89. The number of amides is 1. The molecule has 1 amide bonds. The van der Waals surface area contributed by atoms with Gasteiger partial charge in [0.15, 0.2) is 4.90 Å². The minimum absolute atomic E-state index is 0.0496. The zero-order valence-electron chi connectivity index (χ0n) is 19.4. The molecule has 0 aliphatic carbocycles. The first-order valence-corrected chi connectivity index (χ1v) is 12.5. The summed E-state index contributed by atoms with van der Waals surface area (Å²) in [5.41, 5.74) is 2.05. The molecule has 0 aliphatic heterocycles. The highest BCUT2D eigenvalue weighted by molar-refractivity contribution is 7.93. The number of nitro benzene ring substituents is 1. The maximum absolute atomic E-state index is 13.7. The summed E-state index contributed by atoms with van der Waals surface area (Å²) in [5, 5.41) is 16.0. The molecule has 0 saturated heterocycles. The molecule has 0 bridgehead atoms. The summed E-state index contributed by atoms with van der Waals surface area (Å²) < 4.78 is 38.5. The molecular formula is C23H20Cl2N4O7S. The fourth-order valence-electron chi connectivity index (χ4n) is 3.17. The van der Waals surface area contributed by atoms with Crippen LogP contribution < -0.4 is 19.2 Å². The summed E-state index contributed by atoms with van der Waals surface area (Å²) in [4.78, 5) is 22.9. The van der Waals surface area contributed by atoms with E-state index in [1.54, 1.807) is 12.1 Å². The predicted octanol–water partition coefficient (Wildman–Crippen LogP) is 4.26. The van der Waals surface area contributed by atoms with Crippen molar-refractivity contribution < 1.29 is 27.6 Å². The standard InChI is InChI=1S/C23H20Cl2N4O7S/c1-35-16-8-10-19(21(12-16)36-2)28(37(33,34)22-6-4-3-5-20(22)29(31)32)14-23(30)27-26-13-15-7-9-17(24)18(25)11-15/h3-13H,14H2,1-2H3,(H,27,30)/b26-13-. The topological polar surface area (TPSA) is 140 Å². The van der Waals surface area contributed by atoms with Crippen molar-refractivity contribution in [3.05, 3.63) is 86.4 Å². The lowest BCUT2D eigenvalue weighted by Crippen LogP contribution is -2.40. The molecule has 0 spiro atoms. The third-order valence-electron chi connectivity index (χ3n) is 4.92. The van der Waals surface area contributed by atoms with Crippen LogP contribution in [-0.2, 0) is 14.8 Å². The number of ether oxygens (including phenoxy) is 2. The summed E-state index contributed by atoms with van der Waals surface area (Å²) in [7, 11) is -1.93.